The molecular formula is C18H23N3O2S. The van der Waals surface area contributed by atoms with Crippen LogP contribution in [0.3, 0.4) is 0 Å². The smallest absolute Gasteiger partial charge is 0.249 e. The van der Waals surface area contributed by atoms with Crippen molar-refractivity contribution in [3.63, 3.8) is 0 Å². The Hall–Kier alpha value is -1.89. The number of carbonyl (C=O) groups is 1. The fraction of sp³-hybridized carbons (Fsp3) is 0.389. The average molecular weight is 345 g/mol. The molecule has 2 aromatic rings. The minimum absolute atomic E-state index is 0.211. The molecule has 1 fully saturated rings. The maximum Gasteiger partial charge on any atom is 0.249 e. The highest BCUT2D eigenvalue weighted by Crippen LogP contribution is 2.27. The van der Waals surface area contributed by atoms with E-state index in [9.17, 15) is 4.79 Å². The molecule has 1 aromatic carbocycles. The third-order valence-corrected chi connectivity index (χ3v) is 5.21. The SMILES string of the molecule is CC(NCc1cc(C(N)=O)cs1)c1ccccc1N1CCOCC1. The molecule has 3 rings (SSSR count). The molecule has 24 heavy (non-hydrogen) atoms. The number of para-hydroxylation sites is 1. The van der Waals surface area contributed by atoms with E-state index in [1.165, 1.54) is 11.3 Å². The molecule has 2 heterocycles. The normalized spacial score (nSPS) is 16.1. The summed E-state index contributed by atoms with van der Waals surface area (Å²) in [7, 11) is 0. The highest BCUT2D eigenvalue weighted by molar-refractivity contribution is 7.10. The number of hydrogen-bond donors (Lipinski definition) is 2. The summed E-state index contributed by atoms with van der Waals surface area (Å²) in [6.07, 6.45) is 0. The Labute approximate surface area is 146 Å². The van der Waals surface area contributed by atoms with Gasteiger partial charge in [0, 0.05) is 41.6 Å². The molecule has 1 unspecified atom stereocenters. The zero-order valence-electron chi connectivity index (χ0n) is 13.8. The van der Waals surface area contributed by atoms with Gasteiger partial charge in [0.25, 0.3) is 0 Å². The molecule has 0 radical (unpaired) electrons. The fourth-order valence-corrected chi connectivity index (χ4v) is 3.74. The lowest BCUT2D eigenvalue weighted by Crippen LogP contribution is -2.37. The highest BCUT2D eigenvalue weighted by Gasteiger charge is 2.17. The number of ether oxygens (including phenoxy) is 1. The fourth-order valence-electron chi connectivity index (χ4n) is 2.91. The molecule has 0 bridgehead atoms. The van der Waals surface area contributed by atoms with E-state index in [0.29, 0.717) is 5.56 Å². The summed E-state index contributed by atoms with van der Waals surface area (Å²) in [6.45, 7) is 6.30. The number of hydrogen-bond acceptors (Lipinski definition) is 5. The van der Waals surface area contributed by atoms with Crippen LogP contribution in [0.15, 0.2) is 35.7 Å². The van der Waals surface area contributed by atoms with Crippen LogP contribution < -0.4 is 16.0 Å². The predicted octanol–water partition coefficient (Wildman–Crippen LogP) is 2.53. The van der Waals surface area contributed by atoms with Crippen molar-refractivity contribution < 1.29 is 9.53 Å². The van der Waals surface area contributed by atoms with Crippen LogP contribution in [-0.2, 0) is 11.3 Å². The van der Waals surface area contributed by atoms with Crippen molar-refractivity contribution in [3.8, 4) is 0 Å². The first kappa shape index (κ1) is 17.0. The zero-order chi connectivity index (χ0) is 16.9. The lowest BCUT2D eigenvalue weighted by Gasteiger charge is -2.32. The van der Waals surface area contributed by atoms with Crippen LogP contribution in [-0.4, -0.2) is 32.2 Å². The number of thiophene rings is 1. The molecular weight excluding hydrogens is 322 g/mol. The summed E-state index contributed by atoms with van der Waals surface area (Å²) in [6, 6.07) is 10.6. The van der Waals surface area contributed by atoms with Crippen molar-refractivity contribution in [2.75, 3.05) is 31.2 Å². The average Bonchev–Trinajstić information content (AvgIpc) is 3.10. The molecule has 3 N–H and O–H groups in total. The van der Waals surface area contributed by atoms with Crippen LogP contribution in [0.5, 0.6) is 0 Å². The van der Waals surface area contributed by atoms with E-state index >= 15 is 0 Å². The van der Waals surface area contributed by atoms with Gasteiger partial charge in [0.2, 0.25) is 5.91 Å². The van der Waals surface area contributed by atoms with Gasteiger partial charge in [0.15, 0.2) is 0 Å². The molecule has 5 nitrogen and oxygen atoms in total. The second-order valence-electron chi connectivity index (χ2n) is 5.93. The number of amides is 1. The van der Waals surface area contributed by atoms with E-state index in [-0.39, 0.29) is 11.9 Å². The Bertz CT molecular complexity index is 695. The number of nitrogens with one attached hydrogen (secondary N) is 1. The topological polar surface area (TPSA) is 67.6 Å². The van der Waals surface area contributed by atoms with Crippen LogP contribution >= 0.6 is 11.3 Å². The van der Waals surface area contributed by atoms with E-state index in [1.807, 2.05) is 11.4 Å². The van der Waals surface area contributed by atoms with Crippen molar-refractivity contribution in [3.05, 3.63) is 51.7 Å². The molecule has 0 spiro atoms. The van der Waals surface area contributed by atoms with Gasteiger partial charge in [-0.05, 0) is 24.6 Å². The van der Waals surface area contributed by atoms with E-state index < -0.39 is 0 Å². The second-order valence-corrected chi connectivity index (χ2v) is 6.92. The maximum atomic E-state index is 11.2. The number of nitrogens with zero attached hydrogens (tertiary/aromatic N) is 1. The largest absolute Gasteiger partial charge is 0.378 e. The molecule has 1 atom stereocenters. The van der Waals surface area contributed by atoms with Gasteiger partial charge in [-0.2, -0.15) is 0 Å². The first-order valence-corrected chi connectivity index (χ1v) is 9.05. The van der Waals surface area contributed by atoms with Crippen LogP contribution in [0.4, 0.5) is 5.69 Å². The molecule has 1 amide bonds. The number of nitrogens with two attached hydrogens (primary N) is 1. The molecule has 1 aliphatic heterocycles. The van der Waals surface area contributed by atoms with Crippen LogP contribution in [0.25, 0.3) is 0 Å². The van der Waals surface area contributed by atoms with Gasteiger partial charge in [0.05, 0.1) is 18.8 Å². The van der Waals surface area contributed by atoms with Crippen LogP contribution in [0.2, 0.25) is 0 Å². The first-order chi connectivity index (χ1) is 11.6. The molecule has 6 heteroatoms. The van der Waals surface area contributed by atoms with Gasteiger partial charge in [-0.25, -0.2) is 0 Å². The van der Waals surface area contributed by atoms with Gasteiger partial charge in [-0.15, -0.1) is 11.3 Å². The second kappa shape index (κ2) is 7.79. The van der Waals surface area contributed by atoms with E-state index in [4.69, 9.17) is 10.5 Å². The minimum Gasteiger partial charge on any atom is -0.378 e. The zero-order valence-corrected chi connectivity index (χ0v) is 14.6. The summed E-state index contributed by atoms with van der Waals surface area (Å²) in [5.74, 6) is -0.372. The molecule has 1 saturated heterocycles. The Morgan fingerprint density at radius 1 is 1.38 bits per heavy atom. The van der Waals surface area contributed by atoms with Gasteiger partial charge >= 0.3 is 0 Å². The van der Waals surface area contributed by atoms with Crippen LogP contribution in [0.1, 0.15) is 33.8 Å². The van der Waals surface area contributed by atoms with Gasteiger partial charge in [0.1, 0.15) is 0 Å². The van der Waals surface area contributed by atoms with E-state index in [1.54, 1.807) is 11.3 Å². The Morgan fingerprint density at radius 2 is 2.12 bits per heavy atom. The van der Waals surface area contributed by atoms with Crippen molar-refractivity contribution in [1.29, 1.82) is 0 Å². The molecule has 128 valence electrons. The third-order valence-electron chi connectivity index (χ3n) is 4.28. The Balaban J connectivity index is 1.68. The number of primary amides is 1. The highest BCUT2D eigenvalue weighted by atomic mass is 32.1. The molecule has 0 saturated carbocycles. The van der Waals surface area contributed by atoms with Gasteiger partial charge in [-0.1, -0.05) is 18.2 Å². The monoisotopic (exact) mass is 345 g/mol. The standard InChI is InChI=1S/C18H23N3O2S/c1-13(20-11-15-10-14(12-24-15)18(19)22)16-4-2-3-5-17(16)21-6-8-23-9-7-21/h2-5,10,12-13,20H,6-9,11H2,1H3,(H2,19,22). The van der Waals surface area contributed by atoms with Gasteiger partial charge in [-0.3, -0.25) is 4.79 Å². The summed E-state index contributed by atoms with van der Waals surface area (Å²) in [5, 5.41) is 5.36. The number of anilines is 1. The Morgan fingerprint density at radius 3 is 2.83 bits per heavy atom. The molecule has 0 aliphatic carbocycles. The van der Waals surface area contributed by atoms with E-state index in [2.05, 4.69) is 41.4 Å². The third kappa shape index (κ3) is 3.95. The maximum absolute atomic E-state index is 11.2. The van der Waals surface area contributed by atoms with Crippen molar-refractivity contribution >= 4 is 22.9 Å². The molecule has 1 aliphatic rings. The summed E-state index contributed by atoms with van der Waals surface area (Å²) >= 11 is 1.56. The lowest BCUT2D eigenvalue weighted by molar-refractivity contribution is 0.100. The summed E-state index contributed by atoms with van der Waals surface area (Å²) in [5.41, 5.74) is 8.44. The number of rotatable bonds is 6. The summed E-state index contributed by atoms with van der Waals surface area (Å²) < 4.78 is 5.45. The number of morpholine rings is 1. The number of carbonyl (C=O) groups excluding carboxylic acids is 1. The van der Waals surface area contributed by atoms with Crippen molar-refractivity contribution in [2.24, 2.45) is 5.73 Å². The first-order valence-electron chi connectivity index (χ1n) is 8.17. The molecule has 1 aromatic heterocycles. The summed E-state index contributed by atoms with van der Waals surface area (Å²) in [4.78, 5) is 14.7. The Kier molecular flexibility index (Phi) is 5.50. The van der Waals surface area contributed by atoms with Crippen molar-refractivity contribution in [1.82, 2.24) is 5.32 Å². The quantitative estimate of drug-likeness (QED) is 0.844. The minimum atomic E-state index is -0.372. The van der Waals surface area contributed by atoms with E-state index in [0.717, 1.165) is 37.7 Å². The number of benzene rings is 1. The lowest BCUT2D eigenvalue weighted by atomic mass is 10.0. The predicted molar refractivity (Wildman–Crippen MR) is 97.6 cm³/mol. The van der Waals surface area contributed by atoms with Crippen molar-refractivity contribution in [2.45, 2.75) is 19.5 Å². The van der Waals surface area contributed by atoms with Gasteiger partial charge < -0.3 is 20.7 Å². The van der Waals surface area contributed by atoms with Crippen LogP contribution in [0, 0.1) is 0 Å².